The minimum Gasteiger partial charge on any atom is -0.449 e. The Morgan fingerprint density at radius 3 is 2.59 bits per heavy atom. The van der Waals surface area contributed by atoms with Gasteiger partial charge in [-0.05, 0) is 63.1 Å². The van der Waals surface area contributed by atoms with Crippen molar-refractivity contribution in [3.8, 4) is 11.8 Å². The van der Waals surface area contributed by atoms with Gasteiger partial charge in [-0.2, -0.15) is 0 Å². The molecule has 7 heteroatoms. The molecule has 0 saturated heterocycles. The summed E-state index contributed by atoms with van der Waals surface area (Å²) in [5, 5.41) is 0.0707. The Morgan fingerprint density at radius 1 is 1.14 bits per heavy atom. The molecule has 0 fully saturated rings. The van der Waals surface area contributed by atoms with E-state index in [-0.39, 0.29) is 29.5 Å². The zero-order valence-electron chi connectivity index (χ0n) is 28.4. The van der Waals surface area contributed by atoms with Crippen LogP contribution in [0.5, 0.6) is 0 Å². The van der Waals surface area contributed by atoms with E-state index in [1.807, 2.05) is 18.2 Å². The first-order valence-corrected chi connectivity index (χ1v) is 19.2. The molecule has 0 spiro atoms. The quantitative estimate of drug-likeness (QED) is 0.0981. The number of cyclic esters (lactones) is 1. The van der Waals surface area contributed by atoms with Gasteiger partial charge in [0.15, 0.2) is 8.32 Å². The summed E-state index contributed by atoms with van der Waals surface area (Å²) in [6.45, 7) is 20.8. The lowest BCUT2D eigenvalue weighted by Crippen LogP contribution is -2.43. The first-order chi connectivity index (χ1) is 20.8. The van der Waals surface area contributed by atoms with Crippen LogP contribution < -0.4 is 0 Å². The summed E-state index contributed by atoms with van der Waals surface area (Å²) in [5.41, 5.74) is 2.48. The number of hydrogen-bond acceptors (Lipinski definition) is 6. The zero-order chi connectivity index (χ0) is 32.3. The minimum atomic E-state index is -2.06. The molecule has 0 saturated carbocycles. The van der Waals surface area contributed by atoms with Gasteiger partial charge in [0.05, 0.1) is 31.0 Å². The predicted molar refractivity (Wildman–Crippen MR) is 181 cm³/mol. The van der Waals surface area contributed by atoms with Crippen molar-refractivity contribution < 1.29 is 28.2 Å². The Hall–Kier alpha value is -2.21. The Balaban J connectivity index is 1.88. The van der Waals surface area contributed by atoms with E-state index in [0.29, 0.717) is 25.4 Å². The molecule has 0 aromatic rings. The van der Waals surface area contributed by atoms with Gasteiger partial charge in [0.25, 0.3) is 0 Å². The number of fused-ring (bicyclic) bond motifs is 2. The molecule has 0 aliphatic carbocycles. The van der Waals surface area contributed by atoms with Crippen molar-refractivity contribution in [2.24, 2.45) is 5.92 Å². The van der Waals surface area contributed by atoms with Crippen LogP contribution in [0.2, 0.25) is 18.1 Å². The van der Waals surface area contributed by atoms with Crippen LogP contribution in [0.1, 0.15) is 79.6 Å². The number of hydrogen-bond donors (Lipinski definition) is 0. The normalized spacial score (nSPS) is 31.2. The minimum absolute atomic E-state index is 0.0361. The lowest BCUT2D eigenvalue weighted by Gasteiger charge is -2.39. The summed E-state index contributed by atoms with van der Waals surface area (Å²) in [5.74, 6) is 5.55. The van der Waals surface area contributed by atoms with Crippen molar-refractivity contribution in [3.05, 3.63) is 60.3 Å². The predicted octanol–water partition coefficient (Wildman–Crippen LogP) is 8.02. The molecule has 44 heavy (non-hydrogen) atoms. The third-order valence-corrected chi connectivity index (χ3v) is 13.6. The molecule has 0 N–H and O–H groups in total. The first kappa shape index (κ1) is 36.3. The summed E-state index contributed by atoms with van der Waals surface area (Å²) in [7, 11) is -0.430. The molecule has 3 heterocycles. The number of carbonyl (C=O) groups excluding carboxylic acids is 1. The average molecular weight is 625 g/mol. The van der Waals surface area contributed by atoms with Crippen molar-refractivity contribution in [3.63, 3.8) is 0 Å². The first-order valence-electron chi connectivity index (χ1n) is 16.3. The Bertz CT molecular complexity index is 1150. The molecule has 3 aliphatic rings. The fraction of sp³-hybridized carbons (Fsp3) is 0.649. The van der Waals surface area contributed by atoms with E-state index in [2.05, 4.69) is 90.4 Å². The van der Waals surface area contributed by atoms with E-state index in [0.717, 1.165) is 32.1 Å². The van der Waals surface area contributed by atoms with Crippen LogP contribution >= 0.6 is 0 Å². The van der Waals surface area contributed by atoms with Crippen LogP contribution in [0.25, 0.3) is 0 Å². The molecular formula is C37H56O6Si. The van der Waals surface area contributed by atoms with Crippen LogP contribution in [0, 0.1) is 17.8 Å². The maximum absolute atomic E-state index is 13.0. The summed E-state index contributed by atoms with van der Waals surface area (Å²) in [6.07, 6.45) is 18.5. The highest BCUT2D eigenvalue weighted by atomic mass is 28.4. The summed E-state index contributed by atoms with van der Waals surface area (Å²) in [4.78, 5) is 13.0. The maximum Gasteiger partial charge on any atom is 0.384 e. The lowest BCUT2D eigenvalue weighted by atomic mass is 9.91. The van der Waals surface area contributed by atoms with Gasteiger partial charge in [-0.3, -0.25) is 0 Å². The number of esters is 1. The standard InChI is InChI=1S/C37H56O6Si/c1-27-21-22-40-31(24-27)19-20-34(39-7)35-17-11-16-33(43-44(8,9)37(4,5)6)26-29(3)23-28(2)25-32-15-10-13-30(41-32)14-12-18-36(38)42-35/h10-11,13,16,19-21,28,30-35H,3,14-15,17,22-26H2,1-2,4-9H3/b16-11-,20-19?. The second-order valence-corrected chi connectivity index (χ2v) is 19.0. The fourth-order valence-corrected chi connectivity index (χ4v) is 6.86. The number of ether oxygens (including phenoxy) is 4. The second-order valence-electron chi connectivity index (χ2n) is 14.2. The molecule has 0 aromatic carbocycles. The highest BCUT2D eigenvalue weighted by molar-refractivity contribution is 6.74. The SMILES string of the molecule is C=C1CC(C)CC2CC=CC(CC#CC(=O)OC(C(C=CC3CC(C)=CCO3)OC)C/C=C\C(O[Si](C)(C)C(C)(C)C)C1)O2. The van der Waals surface area contributed by atoms with Gasteiger partial charge in [-0.1, -0.05) is 93.9 Å². The van der Waals surface area contributed by atoms with Gasteiger partial charge in [0.1, 0.15) is 12.2 Å². The monoisotopic (exact) mass is 624 g/mol. The molecule has 0 amide bonds. The summed E-state index contributed by atoms with van der Waals surface area (Å²) >= 11 is 0. The van der Waals surface area contributed by atoms with E-state index in [1.54, 1.807) is 7.11 Å². The van der Waals surface area contributed by atoms with E-state index in [1.165, 1.54) is 11.1 Å². The van der Waals surface area contributed by atoms with Crippen molar-refractivity contribution in [2.45, 2.75) is 134 Å². The Kier molecular flexibility index (Phi) is 13.9. The van der Waals surface area contributed by atoms with Crippen LogP contribution in [-0.4, -0.2) is 64.6 Å². The number of rotatable bonds is 6. The third kappa shape index (κ3) is 11.9. The van der Waals surface area contributed by atoms with Crippen LogP contribution in [0.3, 0.4) is 0 Å². The van der Waals surface area contributed by atoms with Crippen LogP contribution in [0.15, 0.2) is 60.3 Å². The molecular weight excluding hydrogens is 568 g/mol. The maximum atomic E-state index is 13.0. The van der Waals surface area contributed by atoms with Gasteiger partial charge < -0.3 is 23.4 Å². The van der Waals surface area contributed by atoms with Crippen molar-refractivity contribution in [2.75, 3.05) is 13.7 Å². The number of carbonyl (C=O) groups is 1. The Morgan fingerprint density at radius 2 is 1.89 bits per heavy atom. The smallest absolute Gasteiger partial charge is 0.384 e. The summed E-state index contributed by atoms with van der Waals surface area (Å²) in [6, 6.07) is 0. The second kappa shape index (κ2) is 16.9. The van der Waals surface area contributed by atoms with Crippen molar-refractivity contribution in [1.82, 2.24) is 0 Å². The number of methoxy groups -OCH3 is 1. The average Bonchev–Trinajstić information content (AvgIpc) is 2.92. The molecule has 0 aromatic heterocycles. The molecule has 244 valence electrons. The topological polar surface area (TPSA) is 63.2 Å². The summed E-state index contributed by atoms with van der Waals surface area (Å²) < 4.78 is 30.9. The highest BCUT2D eigenvalue weighted by Crippen LogP contribution is 2.38. The molecule has 2 bridgehead atoms. The van der Waals surface area contributed by atoms with E-state index >= 15 is 0 Å². The van der Waals surface area contributed by atoms with Crippen LogP contribution in [0.4, 0.5) is 0 Å². The highest BCUT2D eigenvalue weighted by Gasteiger charge is 2.39. The van der Waals surface area contributed by atoms with Gasteiger partial charge in [0, 0.05) is 25.9 Å². The third-order valence-electron chi connectivity index (χ3n) is 9.05. The molecule has 3 rings (SSSR count). The van der Waals surface area contributed by atoms with Gasteiger partial charge in [-0.25, -0.2) is 4.79 Å². The van der Waals surface area contributed by atoms with Crippen LogP contribution in [-0.2, 0) is 28.2 Å². The largest absolute Gasteiger partial charge is 0.449 e. The van der Waals surface area contributed by atoms with Crippen molar-refractivity contribution in [1.29, 1.82) is 0 Å². The lowest BCUT2D eigenvalue weighted by molar-refractivity contribution is -0.146. The van der Waals surface area contributed by atoms with E-state index in [4.69, 9.17) is 23.4 Å². The van der Waals surface area contributed by atoms with Crippen molar-refractivity contribution >= 4 is 14.3 Å². The van der Waals surface area contributed by atoms with Gasteiger partial charge >= 0.3 is 5.97 Å². The molecule has 7 atom stereocenters. The van der Waals surface area contributed by atoms with E-state index < -0.39 is 26.5 Å². The molecule has 6 nitrogen and oxygen atoms in total. The fourth-order valence-electron chi connectivity index (χ4n) is 5.58. The van der Waals surface area contributed by atoms with Gasteiger partial charge in [0.2, 0.25) is 0 Å². The molecule has 0 radical (unpaired) electrons. The molecule has 3 aliphatic heterocycles. The van der Waals surface area contributed by atoms with Gasteiger partial charge in [-0.15, -0.1) is 0 Å². The zero-order valence-corrected chi connectivity index (χ0v) is 29.4. The Labute approximate surface area is 268 Å². The van der Waals surface area contributed by atoms with E-state index in [9.17, 15) is 4.79 Å². The molecule has 7 unspecified atom stereocenters.